The van der Waals surface area contributed by atoms with Crippen LogP contribution in [0.4, 0.5) is 0 Å². The van der Waals surface area contributed by atoms with Crippen molar-refractivity contribution in [2.75, 3.05) is 7.11 Å². The molecule has 0 unspecified atom stereocenters. The molecule has 0 aliphatic rings. The van der Waals surface area contributed by atoms with E-state index >= 15 is 0 Å². The van der Waals surface area contributed by atoms with Gasteiger partial charge in [-0.25, -0.2) is 4.79 Å². The van der Waals surface area contributed by atoms with Gasteiger partial charge in [0.1, 0.15) is 5.75 Å². The van der Waals surface area contributed by atoms with Gasteiger partial charge in [0.2, 0.25) is 5.82 Å². The molecule has 0 spiro atoms. The zero-order chi connectivity index (χ0) is 16.9. The topological polar surface area (TPSA) is 74.5 Å². The highest BCUT2D eigenvalue weighted by Crippen LogP contribution is 2.25. The van der Waals surface area contributed by atoms with Crippen LogP contribution >= 0.6 is 11.6 Å². The van der Waals surface area contributed by atoms with Crippen LogP contribution in [0.5, 0.6) is 5.75 Å². The number of hydrogen-bond donors (Lipinski definition) is 0. The number of hydrogen-bond acceptors (Lipinski definition) is 6. The van der Waals surface area contributed by atoms with Crippen LogP contribution in [-0.4, -0.2) is 23.2 Å². The summed E-state index contributed by atoms with van der Waals surface area (Å²) in [6, 6.07) is 13.7. The lowest BCUT2D eigenvalue weighted by Crippen LogP contribution is -2.05. The van der Waals surface area contributed by atoms with Gasteiger partial charge >= 0.3 is 5.97 Å². The molecule has 0 radical (unpaired) electrons. The molecule has 0 aliphatic heterocycles. The van der Waals surface area contributed by atoms with Crippen molar-refractivity contribution in [1.29, 1.82) is 0 Å². The number of carbonyl (C=O) groups is 1. The van der Waals surface area contributed by atoms with Gasteiger partial charge < -0.3 is 14.0 Å². The molecular formula is C17H13ClN2O4. The Morgan fingerprint density at radius 1 is 1.17 bits per heavy atom. The lowest BCUT2D eigenvalue weighted by Gasteiger charge is -2.03. The first-order valence-electron chi connectivity index (χ1n) is 7.06. The van der Waals surface area contributed by atoms with E-state index in [2.05, 4.69) is 10.1 Å². The summed E-state index contributed by atoms with van der Waals surface area (Å²) in [5.74, 6) is 0.700. The van der Waals surface area contributed by atoms with Gasteiger partial charge in [0.05, 0.1) is 17.7 Å². The molecule has 3 rings (SSSR count). The number of esters is 1. The monoisotopic (exact) mass is 344 g/mol. The second kappa shape index (κ2) is 7.14. The summed E-state index contributed by atoms with van der Waals surface area (Å²) in [5.41, 5.74) is 1.05. The molecule has 0 saturated carbocycles. The van der Waals surface area contributed by atoms with Gasteiger partial charge in [-0.05, 0) is 36.4 Å². The van der Waals surface area contributed by atoms with Crippen molar-refractivity contribution in [1.82, 2.24) is 10.1 Å². The van der Waals surface area contributed by atoms with E-state index in [0.717, 1.165) is 0 Å². The van der Waals surface area contributed by atoms with E-state index in [-0.39, 0.29) is 12.5 Å². The molecule has 1 aromatic heterocycles. The van der Waals surface area contributed by atoms with Crippen molar-refractivity contribution in [3.05, 3.63) is 65.0 Å². The Morgan fingerprint density at radius 3 is 2.62 bits per heavy atom. The van der Waals surface area contributed by atoms with Gasteiger partial charge in [-0.3, -0.25) is 0 Å². The summed E-state index contributed by atoms with van der Waals surface area (Å²) in [5, 5.41) is 4.36. The lowest BCUT2D eigenvalue weighted by atomic mass is 10.2. The van der Waals surface area contributed by atoms with E-state index < -0.39 is 5.97 Å². The van der Waals surface area contributed by atoms with Crippen LogP contribution in [0.3, 0.4) is 0 Å². The minimum atomic E-state index is -0.491. The molecule has 0 bridgehead atoms. The molecule has 0 atom stereocenters. The van der Waals surface area contributed by atoms with E-state index in [1.54, 1.807) is 43.5 Å². The SMILES string of the molecule is COc1ccc(C(=O)OCc2nc(-c3ccccc3Cl)no2)cc1. The molecule has 122 valence electrons. The largest absolute Gasteiger partial charge is 0.497 e. The van der Waals surface area contributed by atoms with Crippen molar-refractivity contribution in [3.8, 4) is 17.1 Å². The Morgan fingerprint density at radius 2 is 1.92 bits per heavy atom. The molecule has 0 amide bonds. The van der Waals surface area contributed by atoms with Crippen LogP contribution in [0.2, 0.25) is 5.02 Å². The summed E-state index contributed by atoms with van der Waals surface area (Å²) >= 11 is 6.08. The number of methoxy groups -OCH3 is 1. The maximum atomic E-state index is 12.0. The van der Waals surface area contributed by atoms with E-state index in [4.69, 9.17) is 25.6 Å². The molecule has 6 nitrogen and oxygen atoms in total. The summed E-state index contributed by atoms with van der Waals surface area (Å²) < 4.78 is 15.3. The smallest absolute Gasteiger partial charge is 0.338 e. The van der Waals surface area contributed by atoms with Crippen LogP contribution in [0.15, 0.2) is 53.1 Å². The van der Waals surface area contributed by atoms with Gasteiger partial charge in [0, 0.05) is 5.56 Å². The molecule has 1 heterocycles. The van der Waals surface area contributed by atoms with Crippen LogP contribution < -0.4 is 4.74 Å². The molecule has 0 fully saturated rings. The predicted molar refractivity (Wildman–Crippen MR) is 86.9 cm³/mol. The van der Waals surface area contributed by atoms with Gasteiger partial charge in [-0.2, -0.15) is 4.98 Å². The van der Waals surface area contributed by atoms with Crippen LogP contribution in [0.25, 0.3) is 11.4 Å². The van der Waals surface area contributed by atoms with E-state index in [1.807, 2.05) is 12.1 Å². The highest BCUT2D eigenvalue weighted by atomic mass is 35.5. The maximum absolute atomic E-state index is 12.0. The Bertz CT molecular complexity index is 846. The number of ether oxygens (including phenoxy) is 2. The second-order valence-electron chi connectivity index (χ2n) is 4.80. The second-order valence-corrected chi connectivity index (χ2v) is 5.20. The Hall–Kier alpha value is -2.86. The average molecular weight is 345 g/mol. The van der Waals surface area contributed by atoms with Crippen molar-refractivity contribution < 1.29 is 18.8 Å². The van der Waals surface area contributed by atoms with Crippen molar-refractivity contribution in [2.45, 2.75) is 6.61 Å². The van der Waals surface area contributed by atoms with E-state index in [1.165, 1.54) is 0 Å². The Balaban J connectivity index is 1.65. The first kappa shape index (κ1) is 16.0. The molecule has 2 aromatic carbocycles. The highest BCUT2D eigenvalue weighted by molar-refractivity contribution is 6.33. The first-order chi connectivity index (χ1) is 11.7. The maximum Gasteiger partial charge on any atom is 0.338 e. The fraction of sp³-hybridized carbons (Fsp3) is 0.118. The molecular weight excluding hydrogens is 332 g/mol. The Kier molecular flexibility index (Phi) is 4.77. The molecule has 0 N–H and O–H groups in total. The fourth-order valence-corrected chi connectivity index (χ4v) is 2.22. The molecule has 7 heteroatoms. The van der Waals surface area contributed by atoms with Gasteiger partial charge in [0.15, 0.2) is 6.61 Å². The fourth-order valence-electron chi connectivity index (χ4n) is 2.00. The van der Waals surface area contributed by atoms with Gasteiger partial charge in [-0.15, -0.1) is 0 Å². The minimum absolute atomic E-state index is 0.123. The van der Waals surface area contributed by atoms with Crippen LogP contribution in [-0.2, 0) is 11.3 Å². The van der Waals surface area contributed by atoms with Crippen molar-refractivity contribution in [2.24, 2.45) is 0 Å². The van der Waals surface area contributed by atoms with E-state index in [0.29, 0.717) is 27.7 Å². The normalized spacial score (nSPS) is 10.4. The van der Waals surface area contributed by atoms with Crippen LogP contribution in [0.1, 0.15) is 16.2 Å². The highest BCUT2D eigenvalue weighted by Gasteiger charge is 2.14. The number of halogens is 1. The van der Waals surface area contributed by atoms with Gasteiger partial charge in [0.25, 0.3) is 5.89 Å². The summed E-state index contributed by atoms with van der Waals surface area (Å²) in [6.45, 7) is -0.123. The first-order valence-corrected chi connectivity index (χ1v) is 7.44. The lowest BCUT2D eigenvalue weighted by molar-refractivity contribution is 0.0430. The number of nitrogens with zero attached hydrogens (tertiary/aromatic N) is 2. The molecule has 24 heavy (non-hydrogen) atoms. The standard InChI is InChI=1S/C17H13ClN2O4/c1-22-12-8-6-11(7-9-12)17(21)23-10-15-19-16(20-24-15)13-4-2-3-5-14(13)18/h2-9H,10H2,1H3. The number of benzene rings is 2. The summed E-state index contributed by atoms with van der Waals surface area (Å²) in [4.78, 5) is 16.1. The summed E-state index contributed by atoms with van der Waals surface area (Å²) in [6.07, 6.45) is 0. The molecule has 0 aliphatic carbocycles. The number of aromatic nitrogens is 2. The van der Waals surface area contributed by atoms with E-state index in [9.17, 15) is 4.79 Å². The molecule has 0 saturated heterocycles. The zero-order valence-corrected chi connectivity index (χ0v) is 13.5. The van der Waals surface area contributed by atoms with Crippen molar-refractivity contribution >= 4 is 17.6 Å². The third-order valence-electron chi connectivity index (χ3n) is 3.24. The van der Waals surface area contributed by atoms with Gasteiger partial charge in [-0.1, -0.05) is 28.9 Å². The van der Waals surface area contributed by atoms with Crippen LogP contribution in [0, 0.1) is 0 Å². The number of rotatable bonds is 5. The third-order valence-corrected chi connectivity index (χ3v) is 3.56. The van der Waals surface area contributed by atoms with Crippen molar-refractivity contribution in [3.63, 3.8) is 0 Å². The summed E-state index contributed by atoms with van der Waals surface area (Å²) in [7, 11) is 1.56. The number of carbonyl (C=O) groups excluding carboxylic acids is 1. The third kappa shape index (κ3) is 3.55. The molecule has 3 aromatic rings. The zero-order valence-electron chi connectivity index (χ0n) is 12.7. The quantitative estimate of drug-likeness (QED) is 0.656. The Labute approximate surface area is 143 Å². The predicted octanol–water partition coefficient (Wildman–Crippen LogP) is 3.76. The average Bonchev–Trinajstić information content (AvgIpc) is 3.09. The minimum Gasteiger partial charge on any atom is -0.497 e.